The molecule has 0 saturated heterocycles. The Morgan fingerprint density at radius 2 is 2.45 bits per heavy atom. The lowest BCUT2D eigenvalue weighted by molar-refractivity contribution is -0.117. The molecule has 0 fully saturated rings. The topological polar surface area (TPSA) is 34.9 Å². The predicted octanol–water partition coefficient (Wildman–Crippen LogP) is 1.42. The van der Waals surface area contributed by atoms with Crippen molar-refractivity contribution in [1.29, 1.82) is 0 Å². The zero-order chi connectivity index (χ0) is 8.27. The second-order valence-electron chi connectivity index (χ2n) is 2.77. The number of hydrogen-bond acceptors (Lipinski definition) is 2. The van der Waals surface area contributed by atoms with Crippen molar-refractivity contribution in [3.63, 3.8) is 0 Å². The number of ketones is 1. The molecule has 0 N–H and O–H groups in total. The summed E-state index contributed by atoms with van der Waals surface area (Å²) in [6.07, 6.45) is 5.90. The Bertz CT molecular complexity index is 228. The van der Waals surface area contributed by atoms with E-state index in [1.807, 2.05) is 17.7 Å². The van der Waals surface area contributed by atoms with Crippen LogP contribution in [0.4, 0.5) is 0 Å². The van der Waals surface area contributed by atoms with Crippen LogP contribution in [-0.4, -0.2) is 15.3 Å². The van der Waals surface area contributed by atoms with Crippen LogP contribution in [0, 0.1) is 0 Å². The molecule has 0 aliphatic rings. The number of Topliss-reactive ketones (excluding diaryl/α,β-unsaturated/α-hetero) is 1. The van der Waals surface area contributed by atoms with E-state index in [9.17, 15) is 4.79 Å². The highest BCUT2D eigenvalue weighted by Gasteiger charge is 2.05. The van der Waals surface area contributed by atoms with E-state index in [1.54, 1.807) is 19.4 Å². The minimum Gasteiger partial charge on any atom is -0.334 e. The van der Waals surface area contributed by atoms with Crippen LogP contribution in [-0.2, 0) is 4.79 Å². The van der Waals surface area contributed by atoms with Crippen molar-refractivity contribution >= 4 is 5.78 Å². The molecule has 3 nitrogen and oxygen atoms in total. The fourth-order valence-electron chi connectivity index (χ4n) is 1.05. The molecule has 1 aromatic rings. The van der Waals surface area contributed by atoms with E-state index in [4.69, 9.17) is 0 Å². The molecule has 0 amide bonds. The summed E-state index contributed by atoms with van der Waals surface area (Å²) in [5.74, 6) is 0.214. The Morgan fingerprint density at radius 3 is 2.91 bits per heavy atom. The van der Waals surface area contributed by atoms with E-state index in [0.29, 0.717) is 6.42 Å². The third-order valence-electron chi connectivity index (χ3n) is 1.62. The highest BCUT2D eigenvalue weighted by Crippen LogP contribution is 2.08. The van der Waals surface area contributed by atoms with E-state index in [2.05, 4.69) is 4.98 Å². The number of nitrogens with zero attached hydrogens (tertiary/aromatic N) is 2. The van der Waals surface area contributed by atoms with Crippen molar-refractivity contribution in [3.8, 4) is 0 Å². The maximum absolute atomic E-state index is 10.7. The van der Waals surface area contributed by atoms with Crippen LogP contribution >= 0.6 is 0 Å². The van der Waals surface area contributed by atoms with Crippen molar-refractivity contribution in [3.05, 3.63) is 18.7 Å². The van der Waals surface area contributed by atoms with Crippen molar-refractivity contribution < 1.29 is 4.79 Å². The molecule has 1 heterocycles. The average Bonchev–Trinajstić information content (AvgIpc) is 2.35. The third kappa shape index (κ3) is 2.18. The van der Waals surface area contributed by atoms with Gasteiger partial charge in [-0.25, -0.2) is 4.98 Å². The Morgan fingerprint density at radius 1 is 1.73 bits per heavy atom. The summed E-state index contributed by atoms with van der Waals surface area (Å²) in [6.45, 7) is 3.61. The number of hydrogen-bond donors (Lipinski definition) is 0. The fourth-order valence-corrected chi connectivity index (χ4v) is 1.05. The second kappa shape index (κ2) is 3.32. The van der Waals surface area contributed by atoms with Gasteiger partial charge in [0.2, 0.25) is 0 Å². The fraction of sp³-hybridized carbons (Fsp3) is 0.500. The Labute approximate surface area is 66.1 Å². The number of imidazole rings is 1. The van der Waals surface area contributed by atoms with Gasteiger partial charge in [-0.05, 0) is 13.8 Å². The van der Waals surface area contributed by atoms with Gasteiger partial charge in [-0.3, -0.25) is 4.79 Å². The maximum atomic E-state index is 10.7. The molecule has 0 aliphatic heterocycles. The van der Waals surface area contributed by atoms with E-state index in [-0.39, 0.29) is 11.8 Å². The minimum atomic E-state index is 0.214. The van der Waals surface area contributed by atoms with E-state index >= 15 is 0 Å². The van der Waals surface area contributed by atoms with Crippen LogP contribution in [0.25, 0.3) is 0 Å². The average molecular weight is 152 g/mol. The first-order chi connectivity index (χ1) is 5.20. The van der Waals surface area contributed by atoms with E-state index in [1.165, 1.54) is 0 Å². The van der Waals surface area contributed by atoms with Crippen LogP contribution in [0.5, 0.6) is 0 Å². The SMILES string of the molecule is CC(=O)CC(C)n1ccnc1. The first-order valence-electron chi connectivity index (χ1n) is 3.67. The summed E-state index contributed by atoms with van der Waals surface area (Å²) in [5.41, 5.74) is 0. The number of carbonyl (C=O) groups excluding carboxylic acids is 1. The largest absolute Gasteiger partial charge is 0.334 e. The quantitative estimate of drug-likeness (QED) is 0.656. The molecule has 0 radical (unpaired) electrons. The standard InChI is InChI=1S/C8H12N2O/c1-7(5-8(2)11)10-4-3-9-6-10/h3-4,6-7H,5H2,1-2H3. The summed E-state index contributed by atoms with van der Waals surface area (Å²) in [7, 11) is 0. The molecule has 0 spiro atoms. The Balaban J connectivity index is 2.56. The zero-order valence-electron chi connectivity index (χ0n) is 6.82. The monoisotopic (exact) mass is 152 g/mol. The van der Waals surface area contributed by atoms with Gasteiger partial charge in [-0.1, -0.05) is 0 Å². The third-order valence-corrected chi connectivity index (χ3v) is 1.62. The molecule has 1 atom stereocenters. The predicted molar refractivity (Wildman–Crippen MR) is 42.2 cm³/mol. The van der Waals surface area contributed by atoms with Gasteiger partial charge in [-0.15, -0.1) is 0 Å². The summed E-state index contributed by atoms with van der Waals surface area (Å²) in [4.78, 5) is 14.6. The molecule has 60 valence electrons. The molecule has 0 saturated carbocycles. The molecule has 1 rings (SSSR count). The molecular weight excluding hydrogens is 140 g/mol. The van der Waals surface area contributed by atoms with Crippen molar-refractivity contribution in [2.75, 3.05) is 0 Å². The van der Waals surface area contributed by atoms with Gasteiger partial charge in [0, 0.05) is 24.9 Å². The van der Waals surface area contributed by atoms with Crippen molar-refractivity contribution in [2.45, 2.75) is 26.3 Å². The Kier molecular flexibility index (Phi) is 2.41. The van der Waals surface area contributed by atoms with Crippen LogP contribution in [0.1, 0.15) is 26.3 Å². The zero-order valence-corrected chi connectivity index (χ0v) is 6.82. The first kappa shape index (κ1) is 7.98. The van der Waals surface area contributed by atoms with Crippen molar-refractivity contribution in [2.24, 2.45) is 0 Å². The molecule has 0 aliphatic carbocycles. The normalized spacial score (nSPS) is 12.9. The maximum Gasteiger partial charge on any atom is 0.131 e. The summed E-state index contributed by atoms with van der Waals surface area (Å²) < 4.78 is 1.93. The van der Waals surface area contributed by atoms with Gasteiger partial charge in [0.1, 0.15) is 5.78 Å². The molecule has 1 aromatic heterocycles. The second-order valence-corrected chi connectivity index (χ2v) is 2.77. The van der Waals surface area contributed by atoms with Crippen LogP contribution in [0.2, 0.25) is 0 Å². The lowest BCUT2D eigenvalue weighted by atomic mass is 10.2. The summed E-state index contributed by atoms with van der Waals surface area (Å²) in [5, 5.41) is 0. The summed E-state index contributed by atoms with van der Waals surface area (Å²) in [6, 6.07) is 0.231. The highest BCUT2D eigenvalue weighted by molar-refractivity contribution is 5.75. The number of carbonyl (C=O) groups is 1. The van der Waals surface area contributed by atoms with Gasteiger partial charge in [0.15, 0.2) is 0 Å². The molecule has 11 heavy (non-hydrogen) atoms. The molecular formula is C8H12N2O. The first-order valence-corrected chi connectivity index (χ1v) is 3.67. The van der Waals surface area contributed by atoms with Crippen LogP contribution in [0.15, 0.2) is 18.7 Å². The molecule has 1 unspecified atom stereocenters. The van der Waals surface area contributed by atoms with Gasteiger partial charge in [0.05, 0.1) is 6.33 Å². The van der Waals surface area contributed by atoms with E-state index in [0.717, 1.165) is 0 Å². The smallest absolute Gasteiger partial charge is 0.131 e. The van der Waals surface area contributed by atoms with Gasteiger partial charge in [-0.2, -0.15) is 0 Å². The lowest BCUT2D eigenvalue weighted by Crippen LogP contribution is -2.06. The van der Waals surface area contributed by atoms with E-state index < -0.39 is 0 Å². The summed E-state index contributed by atoms with van der Waals surface area (Å²) >= 11 is 0. The Hall–Kier alpha value is -1.12. The van der Waals surface area contributed by atoms with Crippen molar-refractivity contribution in [1.82, 2.24) is 9.55 Å². The minimum absolute atomic E-state index is 0.214. The van der Waals surface area contributed by atoms with Crippen LogP contribution < -0.4 is 0 Å². The number of rotatable bonds is 3. The molecule has 0 aromatic carbocycles. The highest BCUT2D eigenvalue weighted by atomic mass is 16.1. The van der Waals surface area contributed by atoms with Crippen LogP contribution in [0.3, 0.4) is 0 Å². The number of aromatic nitrogens is 2. The van der Waals surface area contributed by atoms with Gasteiger partial charge < -0.3 is 4.57 Å². The molecule has 0 bridgehead atoms. The van der Waals surface area contributed by atoms with Gasteiger partial charge in [0.25, 0.3) is 0 Å². The van der Waals surface area contributed by atoms with Gasteiger partial charge >= 0.3 is 0 Å². The lowest BCUT2D eigenvalue weighted by Gasteiger charge is -2.09. The molecule has 3 heteroatoms.